The fourth-order valence-corrected chi connectivity index (χ4v) is 1.81. The van der Waals surface area contributed by atoms with Gasteiger partial charge < -0.3 is 10.4 Å². The molecule has 6 nitrogen and oxygen atoms in total. The van der Waals surface area contributed by atoms with Crippen LogP contribution in [0.4, 0.5) is 0 Å². The molecule has 0 saturated carbocycles. The van der Waals surface area contributed by atoms with Crippen molar-refractivity contribution in [3.8, 4) is 0 Å². The van der Waals surface area contributed by atoms with Gasteiger partial charge in [0.05, 0.1) is 5.56 Å². The summed E-state index contributed by atoms with van der Waals surface area (Å²) < 4.78 is 22.4. The van der Waals surface area contributed by atoms with E-state index in [0.717, 1.165) is 6.26 Å². The normalized spacial score (nSPS) is 12.7. The smallest absolute Gasteiger partial charge is 0.335 e. The molecule has 1 aromatic rings. The molecule has 0 bridgehead atoms. The van der Waals surface area contributed by atoms with Crippen molar-refractivity contribution in [1.29, 1.82) is 0 Å². The van der Waals surface area contributed by atoms with Gasteiger partial charge in [0.25, 0.3) is 0 Å². The molecule has 0 aromatic heterocycles. The minimum absolute atomic E-state index is 0.0831. The lowest BCUT2D eigenvalue weighted by molar-refractivity contribution is -0.120. The zero-order valence-electron chi connectivity index (χ0n) is 10.6. The van der Waals surface area contributed by atoms with Gasteiger partial charge in [-0.2, -0.15) is 0 Å². The Morgan fingerprint density at radius 2 is 2.00 bits per heavy atom. The van der Waals surface area contributed by atoms with Crippen molar-refractivity contribution in [3.63, 3.8) is 0 Å². The molecule has 19 heavy (non-hydrogen) atoms. The van der Waals surface area contributed by atoms with E-state index in [-0.39, 0.29) is 12.1 Å². The Labute approximate surface area is 111 Å². The van der Waals surface area contributed by atoms with Crippen molar-refractivity contribution in [2.24, 2.45) is 0 Å². The predicted octanol–water partition coefficient (Wildman–Crippen LogP) is 0.434. The van der Waals surface area contributed by atoms with Crippen LogP contribution in [0.5, 0.6) is 0 Å². The monoisotopic (exact) mass is 285 g/mol. The third-order valence-electron chi connectivity index (χ3n) is 2.65. The Morgan fingerprint density at radius 1 is 1.37 bits per heavy atom. The lowest BCUT2D eigenvalue weighted by atomic mass is 10.1. The van der Waals surface area contributed by atoms with Gasteiger partial charge in [-0.3, -0.25) is 4.79 Å². The van der Waals surface area contributed by atoms with Crippen molar-refractivity contribution < 1.29 is 23.1 Å². The summed E-state index contributed by atoms with van der Waals surface area (Å²) in [5, 5.41) is 10.1. The van der Waals surface area contributed by atoms with E-state index in [9.17, 15) is 18.0 Å². The first-order chi connectivity index (χ1) is 8.71. The summed E-state index contributed by atoms with van der Waals surface area (Å²) in [6.07, 6.45) is 0.988. The summed E-state index contributed by atoms with van der Waals surface area (Å²) in [5.41, 5.74) is 0.705. The molecule has 7 heteroatoms. The van der Waals surface area contributed by atoms with Gasteiger partial charge in [0.1, 0.15) is 5.25 Å². The second kappa shape index (κ2) is 5.83. The second-order valence-corrected chi connectivity index (χ2v) is 6.56. The molecule has 0 radical (unpaired) electrons. The van der Waals surface area contributed by atoms with E-state index in [0.29, 0.717) is 5.56 Å². The van der Waals surface area contributed by atoms with Gasteiger partial charge in [-0.1, -0.05) is 12.1 Å². The van der Waals surface area contributed by atoms with Crippen LogP contribution in [0.15, 0.2) is 24.3 Å². The highest BCUT2D eigenvalue weighted by Gasteiger charge is 2.22. The Morgan fingerprint density at radius 3 is 2.53 bits per heavy atom. The molecule has 1 aromatic carbocycles. The molecule has 1 unspecified atom stereocenters. The molecule has 2 N–H and O–H groups in total. The molecular formula is C12H15NO5S. The molecule has 0 spiro atoms. The summed E-state index contributed by atoms with van der Waals surface area (Å²) >= 11 is 0. The second-order valence-electron chi connectivity index (χ2n) is 4.20. The van der Waals surface area contributed by atoms with E-state index in [2.05, 4.69) is 5.32 Å². The number of nitrogens with one attached hydrogen (secondary N) is 1. The van der Waals surface area contributed by atoms with Crippen molar-refractivity contribution >= 4 is 21.7 Å². The lowest BCUT2D eigenvalue weighted by Gasteiger charge is -2.10. The number of hydrogen-bond donors (Lipinski definition) is 2. The number of hydrogen-bond acceptors (Lipinski definition) is 4. The first kappa shape index (κ1) is 15.2. The van der Waals surface area contributed by atoms with Crippen molar-refractivity contribution in [2.45, 2.75) is 18.7 Å². The van der Waals surface area contributed by atoms with E-state index < -0.39 is 27.0 Å². The zero-order valence-corrected chi connectivity index (χ0v) is 11.4. The van der Waals surface area contributed by atoms with E-state index in [1.54, 1.807) is 12.1 Å². The first-order valence-electron chi connectivity index (χ1n) is 5.50. The maximum absolute atomic E-state index is 11.6. The fourth-order valence-electron chi connectivity index (χ4n) is 1.34. The van der Waals surface area contributed by atoms with Gasteiger partial charge in [-0.15, -0.1) is 0 Å². The average Bonchev–Trinajstić information content (AvgIpc) is 2.34. The Balaban J connectivity index is 2.70. The van der Waals surface area contributed by atoms with Crippen LogP contribution in [0, 0.1) is 0 Å². The molecular weight excluding hydrogens is 270 g/mol. The van der Waals surface area contributed by atoms with Gasteiger partial charge >= 0.3 is 5.97 Å². The van der Waals surface area contributed by atoms with E-state index >= 15 is 0 Å². The van der Waals surface area contributed by atoms with Crippen LogP contribution in [0.1, 0.15) is 22.8 Å². The number of carbonyl (C=O) groups excluding carboxylic acids is 1. The summed E-state index contributed by atoms with van der Waals surface area (Å²) in [6, 6.07) is 6.07. The molecule has 1 amide bonds. The fraction of sp³-hybridized carbons (Fsp3) is 0.333. The minimum Gasteiger partial charge on any atom is -0.478 e. The number of carboxylic acid groups (broad SMARTS) is 1. The number of carboxylic acids is 1. The quantitative estimate of drug-likeness (QED) is 0.817. The Bertz CT molecular complexity index is 594. The molecule has 0 heterocycles. The van der Waals surface area contributed by atoms with Crippen molar-refractivity contribution in [2.75, 3.05) is 6.26 Å². The molecule has 1 atom stereocenters. The van der Waals surface area contributed by atoms with Crippen LogP contribution in [-0.2, 0) is 21.2 Å². The average molecular weight is 285 g/mol. The van der Waals surface area contributed by atoms with Gasteiger partial charge in [0.2, 0.25) is 5.91 Å². The first-order valence-corrected chi connectivity index (χ1v) is 7.46. The predicted molar refractivity (Wildman–Crippen MR) is 69.6 cm³/mol. The number of aromatic carboxylic acids is 1. The topological polar surface area (TPSA) is 101 Å². The van der Waals surface area contributed by atoms with Crippen LogP contribution < -0.4 is 5.32 Å². The third-order valence-corrected chi connectivity index (χ3v) is 4.15. The highest BCUT2D eigenvalue weighted by Crippen LogP contribution is 2.06. The molecule has 104 valence electrons. The molecule has 0 aliphatic carbocycles. The molecule has 0 saturated heterocycles. The van der Waals surface area contributed by atoms with Gasteiger partial charge in [-0.05, 0) is 24.6 Å². The van der Waals surface area contributed by atoms with E-state index in [1.165, 1.54) is 19.1 Å². The Hall–Kier alpha value is -1.89. The Kier molecular flexibility index (Phi) is 4.66. The number of amides is 1. The summed E-state index contributed by atoms with van der Waals surface area (Å²) in [6.45, 7) is 1.39. The molecule has 0 aliphatic rings. The number of sulfone groups is 1. The molecule has 0 fully saturated rings. The highest BCUT2D eigenvalue weighted by atomic mass is 32.2. The van der Waals surface area contributed by atoms with Crippen LogP contribution in [0.3, 0.4) is 0 Å². The third kappa shape index (κ3) is 4.36. The van der Waals surface area contributed by atoms with Crippen LogP contribution in [0.2, 0.25) is 0 Å². The largest absolute Gasteiger partial charge is 0.478 e. The summed E-state index contributed by atoms with van der Waals surface area (Å²) in [4.78, 5) is 22.3. The number of rotatable bonds is 5. The van der Waals surface area contributed by atoms with Crippen molar-refractivity contribution in [3.05, 3.63) is 35.4 Å². The van der Waals surface area contributed by atoms with Gasteiger partial charge in [-0.25, -0.2) is 13.2 Å². The van der Waals surface area contributed by atoms with Crippen molar-refractivity contribution in [1.82, 2.24) is 5.32 Å². The molecule has 1 rings (SSSR count). The number of carbonyl (C=O) groups is 2. The SMILES string of the molecule is CC(C(=O)NCc1cccc(C(=O)O)c1)S(C)(=O)=O. The van der Waals surface area contributed by atoms with Gasteiger partial charge in [0, 0.05) is 12.8 Å². The highest BCUT2D eigenvalue weighted by molar-refractivity contribution is 7.92. The lowest BCUT2D eigenvalue weighted by Crippen LogP contribution is -2.37. The van der Waals surface area contributed by atoms with E-state index in [4.69, 9.17) is 5.11 Å². The van der Waals surface area contributed by atoms with Gasteiger partial charge in [0.15, 0.2) is 9.84 Å². The molecule has 0 aliphatic heterocycles. The van der Waals surface area contributed by atoms with Crippen LogP contribution in [0.25, 0.3) is 0 Å². The standard InChI is InChI=1S/C12H15NO5S/c1-8(19(2,17)18)11(14)13-7-9-4-3-5-10(6-9)12(15)16/h3-6,8H,7H2,1-2H3,(H,13,14)(H,15,16). The van der Waals surface area contributed by atoms with Crippen LogP contribution in [-0.4, -0.2) is 36.9 Å². The maximum atomic E-state index is 11.6. The summed E-state index contributed by atoms with van der Waals surface area (Å²) in [5.74, 6) is -1.67. The minimum atomic E-state index is -3.43. The zero-order chi connectivity index (χ0) is 14.6. The van der Waals surface area contributed by atoms with Crippen LogP contribution >= 0.6 is 0 Å². The summed E-state index contributed by atoms with van der Waals surface area (Å²) in [7, 11) is -3.43. The van der Waals surface area contributed by atoms with E-state index in [1.807, 2.05) is 0 Å². The maximum Gasteiger partial charge on any atom is 0.335 e. The number of benzene rings is 1.